The maximum absolute atomic E-state index is 12.7. The van der Waals surface area contributed by atoms with Crippen molar-refractivity contribution in [2.24, 2.45) is 0 Å². The molecule has 30 heavy (non-hydrogen) atoms. The van der Waals surface area contributed by atoms with E-state index in [9.17, 15) is 21.6 Å². The lowest BCUT2D eigenvalue weighted by Gasteiger charge is -2.22. The van der Waals surface area contributed by atoms with Crippen LogP contribution in [0.25, 0.3) is 10.9 Å². The number of para-hydroxylation sites is 1. The molecule has 2 aromatic carbocycles. The second-order valence-corrected chi connectivity index (χ2v) is 9.33. The van der Waals surface area contributed by atoms with E-state index in [0.717, 1.165) is 28.6 Å². The van der Waals surface area contributed by atoms with Gasteiger partial charge in [-0.05, 0) is 48.9 Å². The number of anilines is 1. The third kappa shape index (κ3) is 3.75. The first-order valence-corrected chi connectivity index (χ1v) is 10.9. The van der Waals surface area contributed by atoms with Crippen LogP contribution in [0.5, 0.6) is 0 Å². The highest BCUT2D eigenvalue weighted by atomic mass is 32.2. The topological polar surface area (TPSA) is 53.5 Å². The third-order valence-corrected chi connectivity index (χ3v) is 6.89. The number of fused-ring (bicyclic) bond motifs is 1. The fourth-order valence-electron chi connectivity index (χ4n) is 3.73. The summed E-state index contributed by atoms with van der Waals surface area (Å²) in [6.45, 7) is 4.07. The van der Waals surface area contributed by atoms with Crippen LogP contribution in [-0.2, 0) is 16.4 Å². The van der Waals surface area contributed by atoms with E-state index in [2.05, 4.69) is 16.8 Å². The molecule has 0 N–H and O–H groups in total. The first kappa shape index (κ1) is 20.6. The third-order valence-electron chi connectivity index (χ3n) is 5.39. The average Bonchev–Trinajstić information content (AvgIpc) is 3.08. The van der Waals surface area contributed by atoms with Gasteiger partial charge in [0, 0.05) is 36.4 Å². The zero-order valence-electron chi connectivity index (χ0n) is 16.2. The molecule has 9 heteroatoms. The Morgan fingerprint density at radius 1 is 1.07 bits per heavy atom. The number of hydrogen-bond acceptors (Lipinski definition) is 5. The van der Waals surface area contributed by atoms with Crippen LogP contribution in [-0.4, -0.2) is 43.1 Å². The molecule has 2 heterocycles. The number of hydrogen-bond donors (Lipinski definition) is 0. The lowest BCUT2D eigenvalue weighted by atomic mass is 10.1. The summed E-state index contributed by atoms with van der Waals surface area (Å²) in [5.74, 6) is 0. The van der Waals surface area contributed by atoms with Crippen molar-refractivity contribution in [2.75, 3.05) is 18.1 Å². The molecule has 1 aliphatic rings. The number of nitrogens with zero attached hydrogens (tertiary/aromatic N) is 3. The molecule has 1 aromatic heterocycles. The van der Waals surface area contributed by atoms with Gasteiger partial charge in [0.25, 0.3) is 9.84 Å². The summed E-state index contributed by atoms with van der Waals surface area (Å²) < 4.78 is 61.3. The van der Waals surface area contributed by atoms with Crippen LogP contribution in [0.3, 0.4) is 0 Å². The molecule has 1 aliphatic heterocycles. The lowest BCUT2D eigenvalue weighted by Crippen LogP contribution is -2.28. The predicted octanol–water partition coefficient (Wildman–Crippen LogP) is 4.20. The van der Waals surface area contributed by atoms with Gasteiger partial charge in [0.05, 0.1) is 17.1 Å². The molecule has 0 amide bonds. The maximum atomic E-state index is 12.7. The average molecular weight is 435 g/mol. The summed E-state index contributed by atoms with van der Waals surface area (Å²) in [5.41, 5.74) is -2.54. The highest BCUT2D eigenvalue weighted by Crippen LogP contribution is 2.32. The number of halogens is 3. The fraction of sp³-hybridized carbons (Fsp3) is 0.286. The zero-order valence-corrected chi connectivity index (χ0v) is 17.0. The van der Waals surface area contributed by atoms with Gasteiger partial charge in [-0.2, -0.15) is 13.2 Å². The second kappa shape index (κ2) is 7.55. The Hall–Kier alpha value is -2.65. The van der Waals surface area contributed by atoms with Gasteiger partial charge in [-0.3, -0.25) is 9.88 Å². The summed E-state index contributed by atoms with van der Waals surface area (Å²) in [5, 5.41) is 1.09. The maximum Gasteiger partial charge on any atom is 0.501 e. The Morgan fingerprint density at radius 2 is 1.77 bits per heavy atom. The molecule has 0 unspecified atom stereocenters. The van der Waals surface area contributed by atoms with E-state index in [1.165, 1.54) is 12.1 Å². The van der Waals surface area contributed by atoms with Crippen molar-refractivity contribution in [1.82, 2.24) is 9.88 Å². The summed E-state index contributed by atoms with van der Waals surface area (Å²) in [7, 11) is -5.33. The van der Waals surface area contributed by atoms with Gasteiger partial charge in [-0.15, -0.1) is 0 Å². The van der Waals surface area contributed by atoms with Crippen molar-refractivity contribution < 1.29 is 21.6 Å². The molecule has 1 fully saturated rings. The Bertz CT molecular complexity index is 1160. The molecular formula is C21H20F3N3O2S. The van der Waals surface area contributed by atoms with E-state index in [1.54, 1.807) is 6.20 Å². The molecule has 1 atom stereocenters. The molecule has 0 saturated carbocycles. The molecule has 4 rings (SSSR count). The van der Waals surface area contributed by atoms with Crippen molar-refractivity contribution in [2.45, 2.75) is 29.9 Å². The first-order valence-electron chi connectivity index (χ1n) is 9.40. The lowest BCUT2D eigenvalue weighted by molar-refractivity contribution is -0.0436. The van der Waals surface area contributed by atoms with E-state index in [-0.39, 0.29) is 6.04 Å². The van der Waals surface area contributed by atoms with Crippen LogP contribution in [0.4, 0.5) is 18.9 Å². The Labute approximate surface area is 172 Å². The van der Waals surface area contributed by atoms with E-state index < -0.39 is 20.2 Å². The number of benzene rings is 2. The molecule has 3 aromatic rings. The number of rotatable bonds is 4. The van der Waals surface area contributed by atoms with Crippen molar-refractivity contribution >= 4 is 26.4 Å². The Balaban J connectivity index is 1.52. The highest BCUT2D eigenvalue weighted by Gasteiger charge is 2.46. The number of aromatic nitrogens is 1. The second-order valence-electron chi connectivity index (χ2n) is 7.39. The molecule has 0 spiro atoms. The fourth-order valence-corrected chi connectivity index (χ4v) is 4.49. The molecule has 0 radical (unpaired) electrons. The quantitative estimate of drug-likeness (QED) is 0.615. The van der Waals surface area contributed by atoms with E-state index in [0.29, 0.717) is 25.4 Å². The minimum absolute atomic E-state index is 0.218. The highest BCUT2D eigenvalue weighted by molar-refractivity contribution is 7.92. The molecule has 0 bridgehead atoms. The molecule has 0 aliphatic carbocycles. The summed E-state index contributed by atoms with van der Waals surface area (Å²) in [6.07, 6.45) is 1.79. The number of pyridine rings is 1. The number of sulfone groups is 1. The molecule has 1 saturated heterocycles. The van der Waals surface area contributed by atoms with Crippen LogP contribution in [0.15, 0.2) is 65.7 Å². The van der Waals surface area contributed by atoms with Gasteiger partial charge >= 0.3 is 5.51 Å². The predicted molar refractivity (Wildman–Crippen MR) is 109 cm³/mol. The summed E-state index contributed by atoms with van der Waals surface area (Å²) in [4.78, 5) is 7.93. The van der Waals surface area contributed by atoms with Crippen LogP contribution >= 0.6 is 0 Å². The van der Waals surface area contributed by atoms with E-state index >= 15 is 0 Å². The van der Waals surface area contributed by atoms with Gasteiger partial charge in [0.2, 0.25) is 0 Å². The minimum atomic E-state index is -5.33. The van der Waals surface area contributed by atoms with Crippen molar-refractivity contribution in [3.63, 3.8) is 0 Å². The zero-order chi connectivity index (χ0) is 21.5. The number of alkyl halides is 3. The largest absolute Gasteiger partial charge is 0.501 e. The summed E-state index contributed by atoms with van der Waals surface area (Å²) >= 11 is 0. The Kier molecular flexibility index (Phi) is 5.19. The van der Waals surface area contributed by atoms with Crippen molar-refractivity contribution in [3.8, 4) is 0 Å². The van der Waals surface area contributed by atoms with Crippen molar-refractivity contribution in [1.29, 1.82) is 0 Å². The smallest absolute Gasteiger partial charge is 0.357 e. The molecule has 158 valence electrons. The van der Waals surface area contributed by atoms with Crippen LogP contribution in [0.1, 0.15) is 12.5 Å². The van der Waals surface area contributed by atoms with Crippen LogP contribution in [0, 0.1) is 0 Å². The van der Waals surface area contributed by atoms with Gasteiger partial charge in [0.1, 0.15) is 0 Å². The van der Waals surface area contributed by atoms with Crippen LogP contribution in [0.2, 0.25) is 0 Å². The normalized spacial score (nSPS) is 18.3. The van der Waals surface area contributed by atoms with Gasteiger partial charge < -0.3 is 4.90 Å². The first-order chi connectivity index (χ1) is 14.2. The standard InChI is InChI=1S/C21H20F3N3O2S/c1-15-12-27(17-6-8-18(9-7-17)30(28,29)21(22,23)24)14-26(15)13-16-10-11-25-20-5-3-2-4-19(16)20/h2-11,15H,12-14H2,1H3/t15-/m0/s1. The molecular weight excluding hydrogens is 415 g/mol. The van der Waals surface area contributed by atoms with Gasteiger partial charge in [-0.1, -0.05) is 18.2 Å². The molecule has 5 nitrogen and oxygen atoms in total. The monoisotopic (exact) mass is 435 g/mol. The summed E-state index contributed by atoms with van der Waals surface area (Å²) in [6, 6.07) is 15.0. The SMILES string of the molecule is C[C@H]1CN(c2ccc(S(=O)(=O)C(F)(F)F)cc2)CN1Cc1ccnc2ccccc12. The van der Waals surface area contributed by atoms with Gasteiger partial charge in [0.15, 0.2) is 0 Å². The minimum Gasteiger partial charge on any atom is -0.357 e. The van der Waals surface area contributed by atoms with E-state index in [1.807, 2.05) is 35.2 Å². The van der Waals surface area contributed by atoms with E-state index in [4.69, 9.17) is 0 Å². The Morgan fingerprint density at radius 3 is 2.47 bits per heavy atom. The van der Waals surface area contributed by atoms with Crippen molar-refractivity contribution in [3.05, 3.63) is 66.4 Å². The van der Waals surface area contributed by atoms with Gasteiger partial charge in [-0.25, -0.2) is 8.42 Å². The van der Waals surface area contributed by atoms with Crippen LogP contribution < -0.4 is 4.90 Å².